The fourth-order valence-electron chi connectivity index (χ4n) is 4.51. The summed E-state index contributed by atoms with van der Waals surface area (Å²) in [4.78, 5) is 37.6. The summed E-state index contributed by atoms with van der Waals surface area (Å²) in [5.41, 5.74) is 0.594. The van der Waals surface area contributed by atoms with Crippen molar-refractivity contribution < 1.29 is 32.6 Å². The van der Waals surface area contributed by atoms with E-state index in [-0.39, 0.29) is 30.4 Å². The number of para-hydroxylation sites is 1. The number of carbonyl (C=O) groups excluding carboxylic acids is 2. The minimum Gasteiger partial charge on any atom is -0.453 e. The molecule has 35 heavy (non-hydrogen) atoms. The van der Waals surface area contributed by atoms with Crippen molar-refractivity contribution in [1.82, 2.24) is 14.9 Å². The Morgan fingerprint density at radius 2 is 1.89 bits per heavy atom. The van der Waals surface area contributed by atoms with Gasteiger partial charge in [-0.05, 0) is 39.3 Å². The Balaban J connectivity index is 1.28. The fourth-order valence-corrected chi connectivity index (χ4v) is 4.51. The van der Waals surface area contributed by atoms with Crippen LogP contribution >= 0.6 is 0 Å². The predicted molar refractivity (Wildman–Crippen MR) is 118 cm³/mol. The molecule has 11 heteroatoms. The molecule has 3 aliphatic heterocycles. The quantitative estimate of drug-likeness (QED) is 0.642. The molecule has 0 saturated carbocycles. The van der Waals surface area contributed by atoms with Crippen LogP contribution in [0.4, 0.5) is 14.6 Å². The maximum Gasteiger partial charge on any atom is 0.251 e. The third kappa shape index (κ3) is 4.37. The highest BCUT2D eigenvalue weighted by Gasteiger charge is 2.45. The number of benzene rings is 1. The van der Waals surface area contributed by atoms with Crippen molar-refractivity contribution in [3.8, 4) is 5.75 Å². The van der Waals surface area contributed by atoms with Crippen molar-refractivity contribution in [2.24, 2.45) is 0 Å². The van der Waals surface area contributed by atoms with Gasteiger partial charge in [0, 0.05) is 12.1 Å². The molecule has 3 atom stereocenters. The van der Waals surface area contributed by atoms with Gasteiger partial charge in [0.15, 0.2) is 29.0 Å². The molecule has 2 aromatic rings. The number of carbonyl (C=O) groups is 2. The molecule has 184 valence electrons. The van der Waals surface area contributed by atoms with E-state index < -0.39 is 35.1 Å². The average molecular weight is 486 g/mol. The molecule has 9 nitrogen and oxygen atoms in total. The predicted octanol–water partition coefficient (Wildman–Crippen LogP) is 2.88. The van der Waals surface area contributed by atoms with Crippen LogP contribution in [0.25, 0.3) is 0 Å². The van der Waals surface area contributed by atoms with Crippen molar-refractivity contribution in [2.75, 3.05) is 18.1 Å². The second-order valence-corrected chi connectivity index (χ2v) is 9.16. The molecule has 3 aliphatic rings. The molecule has 0 bridgehead atoms. The molecular weight excluding hydrogens is 462 g/mol. The molecule has 4 heterocycles. The van der Waals surface area contributed by atoms with Crippen LogP contribution in [-0.2, 0) is 19.1 Å². The van der Waals surface area contributed by atoms with Gasteiger partial charge in [-0.25, -0.2) is 13.8 Å². The van der Waals surface area contributed by atoms with Crippen LogP contribution in [0.2, 0.25) is 0 Å². The Morgan fingerprint density at radius 1 is 1.14 bits per heavy atom. The number of amides is 2. The highest BCUT2D eigenvalue weighted by molar-refractivity contribution is 6.03. The molecule has 2 fully saturated rings. The van der Waals surface area contributed by atoms with Gasteiger partial charge in [-0.2, -0.15) is 0 Å². The van der Waals surface area contributed by atoms with Crippen molar-refractivity contribution in [1.29, 1.82) is 0 Å². The monoisotopic (exact) mass is 486 g/mol. The molecule has 1 aromatic heterocycles. The third-order valence-corrected chi connectivity index (χ3v) is 6.19. The van der Waals surface area contributed by atoms with E-state index >= 15 is 0 Å². The molecule has 0 radical (unpaired) electrons. The number of hydrogen-bond donors (Lipinski definition) is 0. The summed E-state index contributed by atoms with van der Waals surface area (Å²) in [7, 11) is 0. The van der Waals surface area contributed by atoms with Crippen LogP contribution in [0.5, 0.6) is 5.75 Å². The van der Waals surface area contributed by atoms with Gasteiger partial charge in [-0.3, -0.25) is 19.5 Å². The van der Waals surface area contributed by atoms with E-state index in [1.54, 1.807) is 6.20 Å². The van der Waals surface area contributed by atoms with Crippen molar-refractivity contribution >= 4 is 17.6 Å². The van der Waals surface area contributed by atoms with Crippen LogP contribution in [0.3, 0.4) is 0 Å². The van der Waals surface area contributed by atoms with Crippen molar-refractivity contribution in [2.45, 2.75) is 51.2 Å². The largest absolute Gasteiger partial charge is 0.453 e. The first-order valence-corrected chi connectivity index (χ1v) is 11.2. The van der Waals surface area contributed by atoms with Gasteiger partial charge in [0.25, 0.3) is 11.8 Å². The number of aromatic nitrogens is 2. The Morgan fingerprint density at radius 3 is 2.51 bits per heavy atom. The molecule has 0 spiro atoms. The zero-order valence-electron chi connectivity index (χ0n) is 19.4. The maximum atomic E-state index is 13.9. The third-order valence-electron chi connectivity index (χ3n) is 6.19. The molecule has 1 unspecified atom stereocenters. The molecule has 0 aliphatic carbocycles. The SMILES string of the molecule is CC1C[C@H](N2CC(Oc3c(F)cccc3F)=CC2=O)C(=O)N1c1cnc([C@H]2COC(C)(C)O2)cn1. The normalized spacial score (nSPS) is 26.0. The van der Waals surface area contributed by atoms with Gasteiger partial charge >= 0.3 is 0 Å². The lowest BCUT2D eigenvalue weighted by molar-refractivity contribution is -0.139. The molecule has 0 N–H and O–H groups in total. The lowest BCUT2D eigenvalue weighted by atomic mass is 10.1. The smallest absolute Gasteiger partial charge is 0.251 e. The van der Waals surface area contributed by atoms with E-state index in [1.807, 2.05) is 20.8 Å². The van der Waals surface area contributed by atoms with Gasteiger partial charge in [0.2, 0.25) is 0 Å². The Kier molecular flexibility index (Phi) is 5.76. The van der Waals surface area contributed by atoms with Crippen LogP contribution in [-0.4, -0.2) is 57.7 Å². The standard InChI is InChI=1S/C24H24F2N4O5/c1-13-7-18(29-11-14(8-21(29)31)34-22-15(25)5-4-6-16(22)26)23(32)30(13)20-10-27-17(9-28-20)19-12-33-24(2,3)35-19/h4-6,8-10,13,18-19H,7,11-12H2,1-3H3/t13?,18-,19+/m0/s1. The van der Waals surface area contributed by atoms with Crippen LogP contribution < -0.4 is 9.64 Å². The first-order valence-electron chi connectivity index (χ1n) is 11.2. The molecule has 1 aromatic carbocycles. The van der Waals surface area contributed by atoms with E-state index in [4.69, 9.17) is 14.2 Å². The zero-order chi connectivity index (χ0) is 24.9. The molecular formula is C24H24F2N4O5. The molecule has 5 rings (SSSR count). The first-order chi connectivity index (χ1) is 16.6. The first kappa shape index (κ1) is 23.3. The number of halogens is 2. The zero-order valence-corrected chi connectivity index (χ0v) is 19.4. The lowest BCUT2D eigenvalue weighted by Gasteiger charge is -2.24. The fraction of sp³-hybridized carbons (Fsp3) is 0.417. The minimum absolute atomic E-state index is 0.0590. The molecule has 2 amide bonds. The van der Waals surface area contributed by atoms with E-state index in [0.717, 1.165) is 18.2 Å². The van der Waals surface area contributed by atoms with Gasteiger partial charge in [-0.1, -0.05) is 6.07 Å². The second-order valence-electron chi connectivity index (χ2n) is 9.16. The average Bonchev–Trinajstić information content (AvgIpc) is 3.45. The summed E-state index contributed by atoms with van der Waals surface area (Å²) in [5, 5.41) is 0. The Bertz CT molecular complexity index is 1180. The second kappa shape index (κ2) is 8.65. The Hall–Kier alpha value is -3.44. The lowest BCUT2D eigenvalue weighted by Crippen LogP contribution is -2.43. The highest BCUT2D eigenvalue weighted by atomic mass is 19.1. The van der Waals surface area contributed by atoms with Gasteiger partial charge < -0.3 is 19.1 Å². The van der Waals surface area contributed by atoms with Crippen LogP contribution in [0, 0.1) is 11.6 Å². The van der Waals surface area contributed by atoms with E-state index in [1.165, 1.54) is 22.1 Å². The summed E-state index contributed by atoms with van der Waals surface area (Å²) in [5.74, 6) is -3.42. The molecule has 2 saturated heterocycles. The van der Waals surface area contributed by atoms with Crippen LogP contribution in [0.1, 0.15) is 39.0 Å². The van der Waals surface area contributed by atoms with Gasteiger partial charge in [-0.15, -0.1) is 0 Å². The summed E-state index contributed by atoms with van der Waals surface area (Å²) in [6.45, 7) is 5.76. The van der Waals surface area contributed by atoms with E-state index in [9.17, 15) is 18.4 Å². The topological polar surface area (TPSA) is 94.1 Å². The van der Waals surface area contributed by atoms with Crippen molar-refractivity contribution in [3.05, 3.63) is 59.8 Å². The summed E-state index contributed by atoms with van der Waals surface area (Å²) in [6, 6.07) is 2.32. The maximum absolute atomic E-state index is 13.9. The summed E-state index contributed by atoms with van der Waals surface area (Å²) < 4.78 is 44.6. The van der Waals surface area contributed by atoms with Crippen LogP contribution in [0.15, 0.2) is 42.4 Å². The summed E-state index contributed by atoms with van der Waals surface area (Å²) in [6.07, 6.45) is 4.20. The Labute approximate surface area is 200 Å². The number of ether oxygens (including phenoxy) is 3. The number of anilines is 1. The number of hydrogen-bond acceptors (Lipinski definition) is 7. The van der Waals surface area contributed by atoms with Gasteiger partial charge in [0.05, 0.1) is 31.2 Å². The van der Waals surface area contributed by atoms with Gasteiger partial charge in [0.1, 0.15) is 17.9 Å². The van der Waals surface area contributed by atoms with E-state index in [2.05, 4.69) is 9.97 Å². The highest BCUT2D eigenvalue weighted by Crippen LogP contribution is 2.34. The van der Waals surface area contributed by atoms with E-state index in [0.29, 0.717) is 24.5 Å². The number of nitrogens with zero attached hydrogens (tertiary/aromatic N) is 4. The minimum atomic E-state index is -0.881. The number of rotatable bonds is 5. The van der Waals surface area contributed by atoms with Crippen molar-refractivity contribution in [3.63, 3.8) is 0 Å². The summed E-state index contributed by atoms with van der Waals surface area (Å²) >= 11 is 0.